The molecule has 0 radical (unpaired) electrons. The molecule has 0 unspecified atom stereocenters. The largest absolute Gasteiger partial charge is 0.483 e. The van der Waals surface area contributed by atoms with Crippen LogP contribution < -0.4 is 20.3 Å². The van der Waals surface area contributed by atoms with Gasteiger partial charge in [0.25, 0.3) is 0 Å². The number of aliphatic hydroxyl groups is 1. The number of aromatic nitrogens is 4. The molecular weight excluding hydrogens is 508 g/mol. The lowest BCUT2D eigenvalue weighted by Crippen LogP contribution is -2.39. The first-order valence-electron chi connectivity index (χ1n) is 13.1. The van der Waals surface area contributed by atoms with E-state index in [1.807, 2.05) is 9.80 Å². The fraction of sp³-hybridized carbons (Fsp3) is 0.481. The van der Waals surface area contributed by atoms with Crippen molar-refractivity contribution < 1.29 is 23.1 Å². The van der Waals surface area contributed by atoms with Gasteiger partial charge in [-0.2, -0.15) is 4.98 Å². The number of halogens is 2. The molecule has 10 nitrogen and oxygen atoms in total. The number of piperidine rings is 1. The summed E-state index contributed by atoms with van der Waals surface area (Å²) in [4.78, 5) is 17.2. The molecule has 39 heavy (non-hydrogen) atoms. The number of rotatable bonds is 9. The van der Waals surface area contributed by atoms with E-state index < -0.39 is 17.7 Å². The normalized spacial score (nSPS) is 21.7. The Hall–Kier alpha value is -3.64. The van der Waals surface area contributed by atoms with Gasteiger partial charge in [-0.3, -0.25) is 0 Å². The number of hydrogen-bond donors (Lipinski definition) is 2. The molecule has 0 spiro atoms. The predicted molar refractivity (Wildman–Crippen MR) is 141 cm³/mol. The molecule has 2 aliphatic heterocycles. The molecule has 0 saturated carbocycles. The van der Waals surface area contributed by atoms with Crippen LogP contribution in [-0.2, 0) is 6.42 Å². The standard InChI is InChI=1S/C27H33F2N7O3/c1-3-24(17-6-8-35(9-7-17)27-33-25(34-39-27)10-16(2)37)38-19-12-31-26(32-13-19)36-14-21(23(30)15-36)20-11-18(28)4-5-22(20)29/h3-5,11-13,16-17,21,23-24,37H,1,6-10,14-15,30H2,2H3/t16-,21+,23-,24-/m0/s1. The molecule has 2 saturated heterocycles. The summed E-state index contributed by atoms with van der Waals surface area (Å²) in [6.45, 7) is 7.91. The van der Waals surface area contributed by atoms with Crippen LogP contribution in [0.1, 0.15) is 37.1 Å². The third-order valence-electron chi connectivity index (χ3n) is 7.33. The Balaban J connectivity index is 1.16. The van der Waals surface area contributed by atoms with Crippen molar-refractivity contribution in [1.82, 2.24) is 20.1 Å². The van der Waals surface area contributed by atoms with E-state index in [9.17, 15) is 13.9 Å². The molecule has 3 aromatic rings. The number of nitrogens with two attached hydrogens (primary N) is 1. The molecule has 0 aliphatic carbocycles. The van der Waals surface area contributed by atoms with E-state index in [0.29, 0.717) is 43.0 Å². The van der Waals surface area contributed by atoms with E-state index in [4.69, 9.17) is 15.0 Å². The minimum atomic E-state index is -0.528. The van der Waals surface area contributed by atoms with Crippen LogP contribution >= 0.6 is 0 Å². The SMILES string of the molecule is C=C[C@H](Oc1cnc(N2C[C@H](c3cc(F)ccc3F)[C@@H](N)C2)nc1)C1CCN(c2nc(C[C@H](C)O)no2)CC1. The molecule has 12 heteroatoms. The molecule has 4 atom stereocenters. The van der Waals surface area contributed by atoms with Crippen LogP contribution in [0, 0.1) is 17.6 Å². The molecule has 2 aliphatic rings. The minimum Gasteiger partial charge on any atom is -0.483 e. The molecular formula is C27H33F2N7O3. The lowest BCUT2D eigenvalue weighted by atomic mass is 9.91. The van der Waals surface area contributed by atoms with E-state index in [1.165, 1.54) is 6.07 Å². The zero-order valence-corrected chi connectivity index (χ0v) is 21.8. The van der Waals surface area contributed by atoms with E-state index in [2.05, 4.69) is 26.7 Å². The van der Waals surface area contributed by atoms with Crippen molar-refractivity contribution >= 4 is 12.0 Å². The van der Waals surface area contributed by atoms with Gasteiger partial charge in [0.05, 0.1) is 18.5 Å². The summed E-state index contributed by atoms with van der Waals surface area (Å²) in [5, 5.41) is 13.5. The molecule has 3 N–H and O–H groups in total. The quantitative estimate of drug-likeness (QED) is 0.391. The molecule has 5 rings (SSSR count). The van der Waals surface area contributed by atoms with Crippen LogP contribution in [0.3, 0.4) is 0 Å². The first-order chi connectivity index (χ1) is 18.8. The molecule has 2 fully saturated rings. The minimum absolute atomic E-state index is 0.226. The maximum atomic E-state index is 14.3. The van der Waals surface area contributed by atoms with Gasteiger partial charge in [-0.1, -0.05) is 17.8 Å². The van der Waals surface area contributed by atoms with E-state index in [1.54, 1.807) is 25.4 Å². The van der Waals surface area contributed by atoms with Gasteiger partial charge in [-0.15, -0.1) is 0 Å². The highest BCUT2D eigenvalue weighted by molar-refractivity contribution is 5.39. The summed E-state index contributed by atoms with van der Waals surface area (Å²) in [6, 6.07) is 3.52. The lowest BCUT2D eigenvalue weighted by Gasteiger charge is -2.33. The van der Waals surface area contributed by atoms with Crippen molar-refractivity contribution in [3.63, 3.8) is 0 Å². The van der Waals surface area contributed by atoms with E-state index in [0.717, 1.165) is 38.1 Å². The number of nitrogens with zero attached hydrogens (tertiary/aromatic N) is 6. The van der Waals surface area contributed by atoms with E-state index >= 15 is 0 Å². The smallest absolute Gasteiger partial charge is 0.324 e. The van der Waals surface area contributed by atoms with Crippen LogP contribution in [0.2, 0.25) is 0 Å². The molecule has 0 bridgehead atoms. The Morgan fingerprint density at radius 2 is 1.95 bits per heavy atom. The van der Waals surface area contributed by atoms with Gasteiger partial charge in [0, 0.05) is 50.5 Å². The Morgan fingerprint density at radius 3 is 2.64 bits per heavy atom. The summed E-state index contributed by atoms with van der Waals surface area (Å²) >= 11 is 0. The Labute approximate surface area is 225 Å². The Kier molecular flexibility index (Phi) is 8.03. The highest BCUT2D eigenvalue weighted by atomic mass is 19.1. The molecule has 4 heterocycles. The van der Waals surface area contributed by atoms with Crippen molar-refractivity contribution in [3.05, 3.63) is 66.3 Å². The summed E-state index contributed by atoms with van der Waals surface area (Å²) in [7, 11) is 0. The van der Waals surface area contributed by atoms with E-state index in [-0.39, 0.29) is 29.5 Å². The van der Waals surface area contributed by atoms with Crippen LogP contribution in [0.4, 0.5) is 20.7 Å². The van der Waals surface area contributed by atoms with Crippen LogP contribution in [-0.4, -0.2) is 69.6 Å². The number of hydrogen-bond acceptors (Lipinski definition) is 10. The zero-order valence-electron chi connectivity index (χ0n) is 21.8. The average Bonchev–Trinajstić information content (AvgIpc) is 3.55. The summed E-state index contributed by atoms with van der Waals surface area (Å²) in [6.07, 6.45) is 6.29. The van der Waals surface area contributed by atoms with Gasteiger partial charge in [-0.05, 0) is 43.5 Å². The van der Waals surface area contributed by atoms with Gasteiger partial charge < -0.3 is 29.9 Å². The third kappa shape index (κ3) is 6.17. The number of benzene rings is 1. The highest BCUT2D eigenvalue weighted by Gasteiger charge is 2.35. The van der Waals surface area contributed by atoms with Crippen molar-refractivity contribution in [1.29, 1.82) is 0 Å². The zero-order chi connectivity index (χ0) is 27.5. The van der Waals surface area contributed by atoms with Gasteiger partial charge in [0.2, 0.25) is 5.95 Å². The summed E-state index contributed by atoms with van der Waals surface area (Å²) < 4.78 is 39.6. The second-order valence-corrected chi connectivity index (χ2v) is 10.2. The monoisotopic (exact) mass is 541 g/mol. The number of ether oxygens (including phenoxy) is 1. The second kappa shape index (κ2) is 11.6. The van der Waals surface area contributed by atoms with Crippen molar-refractivity contribution in [2.45, 2.75) is 50.4 Å². The highest BCUT2D eigenvalue weighted by Crippen LogP contribution is 2.32. The van der Waals surface area contributed by atoms with Gasteiger partial charge in [0.15, 0.2) is 11.6 Å². The maximum Gasteiger partial charge on any atom is 0.324 e. The molecule has 2 aromatic heterocycles. The van der Waals surface area contributed by atoms with Gasteiger partial charge in [-0.25, -0.2) is 18.7 Å². The van der Waals surface area contributed by atoms with Gasteiger partial charge >= 0.3 is 6.01 Å². The van der Waals surface area contributed by atoms with Crippen molar-refractivity contribution in [2.75, 3.05) is 36.0 Å². The molecule has 0 amide bonds. The number of aliphatic hydroxyl groups excluding tert-OH is 1. The third-order valence-corrected chi connectivity index (χ3v) is 7.33. The Bertz CT molecular complexity index is 1260. The van der Waals surface area contributed by atoms with Crippen LogP contribution in [0.25, 0.3) is 0 Å². The van der Waals surface area contributed by atoms with Gasteiger partial charge in [0.1, 0.15) is 17.7 Å². The summed E-state index contributed by atoms with van der Waals surface area (Å²) in [5.74, 6) is 0.365. The molecule has 1 aromatic carbocycles. The second-order valence-electron chi connectivity index (χ2n) is 10.2. The van der Waals surface area contributed by atoms with Crippen molar-refractivity contribution in [3.8, 4) is 5.75 Å². The first kappa shape index (κ1) is 26.9. The number of anilines is 2. The fourth-order valence-electron chi connectivity index (χ4n) is 5.29. The van der Waals surface area contributed by atoms with Crippen LogP contribution in [0.5, 0.6) is 5.75 Å². The lowest BCUT2D eigenvalue weighted by molar-refractivity contribution is 0.155. The summed E-state index contributed by atoms with van der Waals surface area (Å²) in [5.41, 5.74) is 6.54. The maximum absolute atomic E-state index is 14.3. The first-order valence-corrected chi connectivity index (χ1v) is 13.1. The van der Waals surface area contributed by atoms with Crippen molar-refractivity contribution in [2.24, 2.45) is 11.7 Å². The predicted octanol–water partition coefficient (Wildman–Crippen LogP) is 2.84. The topological polar surface area (TPSA) is 127 Å². The molecule has 208 valence electrons. The fourth-order valence-corrected chi connectivity index (χ4v) is 5.29. The average molecular weight is 542 g/mol. The Morgan fingerprint density at radius 1 is 1.21 bits per heavy atom. The van der Waals surface area contributed by atoms with Crippen LogP contribution in [0.15, 0.2) is 47.8 Å².